The first-order chi connectivity index (χ1) is 15.5. The fourth-order valence-corrected chi connectivity index (χ4v) is 4.92. The van der Waals surface area contributed by atoms with Gasteiger partial charge in [0.15, 0.2) is 0 Å². The molecule has 0 aliphatic heterocycles. The van der Waals surface area contributed by atoms with Gasteiger partial charge in [-0.15, -0.1) is 0 Å². The van der Waals surface area contributed by atoms with E-state index in [0.717, 1.165) is 35.0 Å². The van der Waals surface area contributed by atoms with Gasteiger partial charge in [0.05, 0.1) is 28.8 Å². The summed E-state index contributed by atoms with van der Waals surface area (Å²) in [4.78, 5) is 16.3. The zero-order valence-corrected chi connectivity index (χ0v) is 18.2. The van der Waals surface area contributed by atoms with Crippen LogP contribution in [0.2, 0.25) is 0 Å². The summed E-state index contributed by atoms with van der Waals surface area (Å²) < 4.78 is 72.0. The van der Waals surface area contributed by atoms with Crippen LogP contribution in [-0.4, -0.2) is 30.5 Å². The van der Waals surface area contributed by atoms with E-state index in [1.165, 1.54) is 36.4 Å². The number of aromatic nitrogens is 2. The molecule has 0 N–H and O–H groups in total. The number of carbonyl (C=O) groups is 1. The van der Waals surface area contributed by atoms with Crippen molar-refractivity contribution in [3.63, 3.8) is 0 Å². The number of carbonyl (C=O) groups excluding carboxylic acids is 1. The lowest BCUT2D eigenvalue weighted by Crippen LogP contribution is -2.19. The lowest BCUT2D eigenvalue weighted by atomic mass is 10.1. The highest BCUT2D eigenvalue weighted by atomic mass is 32.2. The molecule has 0 radical (unpaired) electrons. The van der Waals surface area contributed by atoms with Crippen molar-refractivity contribution in [1.29, 1.82) is 0 Å². The molecule has 2 aromatic heterocycles. The highest BCUT2D eigenvalue weighted by Gasteiger charge is 2.31. The fourth-order valence-electron chi connectivity index (χ4n) is 3.42. The van der Waals surface area contributed by atoms with Gasteiger partial charge in [-0.25, -0.2) is 17.2 Å². The molecule has 0 saturated carbocycles. The van der Waals surface area contributed by atoms with Crippen LogP contribution in [0.25, 0.3) is 22.2 Å². The Morgan fingerprint density at radius 2 is 1.70 bits per heavy atom. The summed E-state index contributed by atoms with van der Waals surface area (Å²) in [7, 11) is -3.11. The average molecular weight is 474 g/mol. The molecular weight excluding hydrogens is 457 g/mol. The van der Waals surface area contributed by atoms with E-state index in [1.807, 2.05) is 0 Å². The second-order valence-corrected chi connectivity index (χ2v) is 9.09. The molecule has 0 amide bonds. The maximum absolute atomic E-state index is 13.5. The minimum Gasteiger partial charge on any atom is -0.464 e. The summed E-state index contributed by atoms with van der Waals surface area (Å²) in [5, 5.41) is 0.391. The molecule has 2 heterocycles. The molecule has 6 nitrogen and oxygen atoms in total. The van der Waals surface area contributed by atoms with E-state index in [9.17, 15) is 26.4 Å². The number of hydrogen-bond acceptors (Lipinski definition) is 5. The van der Waals surface area contributed by atoms with E-state index in [0.29, 0.717) is 5.39 Å². The van der Waals surface area contributed by atoms with Gasteiger partial charge in [0, 0.05) is 17.1 Å². The van der Waals surface area contributed by atoms with Crippen molar-refractivity contribution >= 4 is 26.9 Å². The summed E-state index contributed by atoms with van der Waals surface area (Å²) in [6, 6.07) is 13.6. The Morgan fingerprint density at radius 3 is 2.33 bits per heavy atom. The fraction of sp³-hybridized carbons (Fsp3) is 0.130. The summed E-state index contributed by atoms with van der Waals surface area (Å²) >= 11 is 0. The van der Waals surface area contributed by atoms with Crippen molar-refractivity contribution in [3.05, 3.63) is 83.7 Å². The third-order valence-corrected chi connectivity index (χ3v) is 6.84. The first-order valence-electron chi connectivity index (χ1n) is 9.62. The van der Waals surface area contributed by atoms with Crippen molar-refractivity contribution in [3.8, 4) is 11.3 Å². The smallest absolute Gasteiger partial charge is 0.416 e. The second-order valence-electron chi connectivity index (χ2n) is 7.30. The lowest BCUT2D eigenvalue weighted by molar-refractivity contribution is -0.137. The van der Waals surface area contributed by atoms with Crippen molar-refractivity contribution in [1.82, 2.24) is 8.96 Å². The number of esters is 1. The van der Waals surface area contributed by atoms with E-state index < -0.39 is 27.7 Å². The maximum Gasteiger partial charge on any atom is 0.416 e. The molecule has 33 heavy (non-hydrogen) atoms. The van der Waals surface area contributed by atoms with Crippen LogP contribution < -0.4 is 0 Å². The Morgan fingerprint density at radius 1 is 1.00 bits per heavy atom. The van der Waals surface area contributed by atoms with Crippen molar-refractivity contribution in [2.24, 2.45) is 0 Å². The van der Waals surface area contributed by atoms with Gasteiger partial charge in [0.25, 0.3) is 10.0 Å². The Balaban J connectivity index is 1.97. The molecule has 0 aliphatic rings. The number of nitrogens with zero attached hydrogens (tertiary/aromatic N) is 2. The predicted octanol–water partition coefficient (Wildman–Crippen LogP) is 5.05. The molecule has 0 unspecified atom stereocenters. The number of alkyl halides is 3. The summed E-state index contributed by atoms with van der Waals surface area (Å²) in [6.45, 7) is 1.80. The molecule has 10 heteroatoms. The number of ether oxygens (including phenoxy) is 1. The van der Waals surface area contributed by atoms with Gasteiger partial charge in [0.1, 0.15) is 5.69 Å². The summed E-state index contributed by atoms with van der Waals surface area (Å²) in [5.74, 6) is -0.874. The zero-order chi connectivity index (χ0) is 24.0. The van der Waals surface area contributed by atoms with Gasteiger partial charge in [-0.05, 0) is 43.3 Å². The van der Waals surface area contributed by atoms with Crippen LogP contribution in [0, 0.1) is 6.92 Å². The standard InChI is InChI=1S/C23H17F3N2O4S/c1-14-3-7-18(8-4-14)33(30,31)28-20-11-15(5-6-16(20)12-21(28)22(29)32-2)19-13-17(9-10-27-19)23(24,25)26/h3-13H,1-2H3. The quantitative estimate of drug-likeness (QED) is 0.387. The van der Waals surface area contributed by atoms with Crippen LogP contribution >= 0.6 is 0 Å². The maximum atomic E-state index is 13.5. The molecule has 2 aromatic carbocycles. The molecule has 0 atom stereocenters. The molecule has 170 valence electrons. The lowest BCUT2D eigenvalue weighted by Gasteiger charge is -2.12. The number of pyridine rings is 1. The number of aryl methyl sites for hydroxylation is 1. The van der Waals surface area contributed by atoms with E-state index >= 15 is 0 Å². The van der Waals surface area contributed by atoms with Crippen molar-refractivity contribution in [2.45, 2.75) is 18.0 Å². The minimum absolute atomic E-state index is 0.00632. The van der Waals surface area contributed by atoms with Crippen LogP contribution in [0.3, 0.4) is 0 Å². The van der Waals surface area contributed by atoms with E-state index in [4.69, 9.17) is 4.74 Å². The van der Waals surface area contributed by atoms with Gasteiger partial charge >= 0.3 is 12.1 Å². The van der Waals surface area contributed by atoms with Gasteiger partial charge in [-0.1, -0.05) is 29.8 Å². The Kier molecular flexibility index (Phi) is 5.49. The molecule has 0 fully saturated rings. The van der Waals surface area contributed by atoms with Crippen molar-refractivity contribution < 1.29 is 31.1 Å². The Hall–Kier alpha value is -3.66. The van der Waals surface area contributed by atoms with Gasteiger partial charge in [-0.2, -0.15) is 13.2 Å². The first kappa shape index (κ1) is 22.5. The minimum atomic E-state index is -4.56. The molecule has 0 spiro atoms. The third-order valence-electron chi connectivity index (χ3n) is 5.10. The van der Waals surface area contributed by atoms with Gasteiger partial charge in [0.2, 0.25) is 0 Å². The van der Waals surface area contributed by atoms with Crippen LogP contribution in [0.1, 0.15) is 21.6 Å². The first-order valence-corrected chi connectivity index (χ1v) is 11.1. The van der Waals surface area contributed by atoms with E-state index in [2.05, 4.69) is 4.98 Å². The molecule has 0 saturated heterocycles. The number of fused-ring (bicyclic) bond motifs is 1. The summed E-state index contributed by atoms with van der Waals surface area (Å²) in [5.41, 5.74) is 0.0909. The number of benzene rings is 2. The van der Waals surface area contributed by atoms with Gasteiger partial charge < -0.3 is 4.74 Å². The number of rotatable bonds is 4. The average Bonchev–Trinajstić information content (AvgIpc) is 3.18. The largest absolute Gasteiger partial charge is 0.464 e. The van der Waals surface area contributed by atoms with Gasteiger partial charge in [-0.3, -0.25) is 4.98 Å². The van der Waals surface area contributed by atoms with E-state index in [-0.39, 0.29) is 27.4 Å². The normalized spacial score (nSPS) is 12.2. The van der Waals surface area contributed by atoms with Crippen LogP contribution in [0.5, 0.6) is 0 Å². The zero-order valence-electron chi connectivity index (χ0n) is 17.4. The molecular formula is C23H17F3N2O4S. The van der Waals surface area contributed by atoms with Crippen LogP contribution in [0.4, 0.5) is 13.2 Å². The number of hydrogen-bond donors (Lipinski definition) is 0. The second kappa shape index (κ2) is 8.04. The number of halogens is 3. The predicted molar refractivity (Wildman–Crippen MR) is 115 cm³/mol. The van der Waals surface area contributed by atoms with E-state index in [1.54, 1.807) is 19.1 Å². The summed E-state index contributed by atoms with van der Waals surface area (Å²) in [6.07, 6.45) is -3.53. The Bertz CT molecular complexity index is 1470. The van der Waals surface area contributed by atoms with Crippen molar-refractivity contribution in [2.75, 3.05) is 7.11 Å². The molecule has 0 aliphatic carbocycles. The SMILES string of the molecule is COC(=O)c1cc2ccc(-c3cc(C(F)(F)F)ccn3)cc2n1S(=O)(=O)c1ccc(C)cc1. The monoisotopic (exact) mass is 474 g/mol. The molecule has 0 bridgehead atoms. The third kappa shape index (κ3) is 4.09. The molecule has 4 rings (SSSR count). The number of methoxy groups -OCH3 is 1. The molecule has 4 aromatic rings. The highest BCUT2D eigenvalue weighted by Crippen LogP contribution is 2.33. The topological polar surface area (TPSA) is 78.3 Å². The van der Waals surface area contributed by atoms with Crippen LogP contribution in [0.15, 0.2) is 71.8 Å². The van der Waals surface area contributed by atoms with Crippen LogP contribution in [-0.2, 0) is 20.9 Å². The highest BCUT2D eigenvalue weighted by molar-refractivity contribution is 7.90. The Labute approximate surface area is 187 Å².